The Morgan fingerprint density at radius 2 is 1.95 bits per heavy atom. The zero-order valence-corrected chi connectivity index (χ0v) is 22.1. The lowest BCUT2D eigenvalue weighted by atomic mass is 10.0. The van der Waals surface area contributed by atoms with E-state index in [0.29, 0.717) is 18.7 Å². The number of anilines is 2. The van der Waals surface area contributed by atoms with Crippen LogP contribution >= 0.6 is 0 Å². The van der Waals surface area contributed by atoms with Crippen molar-refractivity contribution >= 4 is 28.2 Å². The van der Waals surface area contributed by atoms with Crippen LogP contribution in [0.4, 0.5) is 11.4 Å². The van der Waals surface area contributed by atoms with Crippen LogP contribution in [0, 0.1) is 0 Å². The Kier molecular flexibility index (Phi) is 5.85. The van der Waals surface area contributed by atoms with Crippen molar-refractivity contribution in [3.8, 4) is 11.5 Å². The van der Waals surface area contributed by atoms with Crippen LogP contribution in [-0.2, 0) is 6.54 Å². The molecule has 0 saturated carbocycles. The molecule has 3 aromatic carbocycles. The molecule has 0 spiro atoms. The number of hydrogen-bond donors (Lipinski definition) is 2. The number of likely N-dealkylation sites (tertiary alicyclic amines) is 1. The maximum Gasteiger partial charge on any atom is 0.254 e. The molecule has 39 heavy (non-hydrogen) atoms. The van der Waals surface area contributed by atoms with E-state index < -0.39 is 0 Å². The Hall–Kier alpha value is -4.17. The van der Waals surface area contributed by atoms with Crippen molar-refractivity contribution in [2.45, 2.75) is 31.6 Å². The molecule has 8 nitrogen and oxygen atoms in total. The Labute approximate surface area is 227 Å². The van der Waals surface area contributed by atoms with Gasteiger partial charge in [0.05, 0.1) is 25.0 Å². The fourth-order valence-corrected chi connectivity index (χ4v) is 6.26. The molecule has 3 aliphatic heterocycles. The summed E-state index contributed by atoms with van der Waals surface area (Å²) in [5.41, 5.74) is 12.3. The van der Waals surface area contributed by atoms with Gasteiger partial charge in [-0.15, -0.1) is 0 Å². The van der Waals surface area contributed by atoms with E-state index in [0.717, 1.165) is 55.3 Å². The summed E-state index contributed by atoms with van der Waals surface area (Å²) < 4.78 is 13.9. The highest BCUT2D eigenvalue weighted by Gasteiger charge is 2.38. The lowest BCUT2D eigenvalue weighted by Gasteiger charge is -2.33. The number of hydrogen-bond acceptors (Lipinski definition) is 6. The van der Waals surface area contributed by atoms with Gasteiger partial charge in [-0.25, -0.2) is 0 Å². The van der Waals surface area contributed by atoms with Gasteiger partial charge in [-0.2, -0.15) is 0 Å². The normalized spacial score (nSPS) is 19.9. The van der Waals surface area contributed by atoms with Crippen LogP contribution in [0.5, 0.6) is 11.5 Å². The molecule has 7 rings (SSSR count). The van der Waals surface area contributed by atoms with E-state index in [4.69, 9.17) is 15.2 Å². The highest BCUT2D eigenvalue weighted by atomic mass is 16.5. The number of amides is 1. The summed E-state index contributed by atoms with van der Waals surface area (Å²) in [5, 5.41) is 4.95. The summed E-state index contributed by atoms with van der Waals surface area (Å²) in [6.07, 6.45) is 1.82. The molecule has 2 atom stereocenters. The lowest BCUT2D eigenvalue weighted by Crippen LogP contribution is -2.45. The molecule has 0 aliphatic carbocycles. The number of piperidine rings is 1. The molecule has 0 radical (unpaired) electrons. The molecule has 1 fully saturated rings. The molecule has 3 aliphatic rings. The third-order valence-electron chi connectivity index (χ3n) is 8.17. The Morgan fingerprint density at radius 3 is 2.77 bits per heavy atom. The molecule has 4 aromatic rings. The Balaban J connectivity index is 1.26. The standard InChI is InChI=1S/C31H33N5O3/c1-38-24-10-8-20(9-11-24)18-36-26-7-3-2-5-21(26)16-27(36)30-33-25-15-22(17-28-29(25)35(30)13-14-39-28)31(37)34-12-4-6-23(32)19-34/h2-3,5,7-11,15-17,23,30,33H,4,6,12-14,18-19,32H2,1H3/t23?,30-/m1/s1. The number of rotatable bonds is 5. The number of carbonyl (C=O) groups is 1. The van der Waals surface area contributed by atoms with E-state index in [2.05, 4.69) is 57.2 Å². The second-order valence-corrected chi connectivity index (χ2v) is 10.7. The van der Waals surface area contributed by atoms with Gasteiger partial charge in [0.1, 0.15) is 30.0 Å². The van der Waals surface area contributed by atoms with Crippen LogP contribution in [-0.4, -0.2) is 54.8 Å². The fraction of sp³-hybridized carbons (Fsp3) is 0.323. The van der Waals surface area contributed by atoms with E-state index in [1.807, 2.05) is 29.2 Å². The summed E-state index contributed by atoms with van der Waals surface area (Å²) in [6.45, 7) is 3.40. The smallest absolute Gasteiger partial charge is 0.254 e. The van der Waals surface area contributed by atoms with Gasteiger partial charge in [-0.3, -0.25) is 4.79 Å². The topological polar surface area (TPSA) is 85.0 Å². The van der Waals surface area contributed by atoms with Crippen LogP contribution in [0.3, 0.4) is 0 Å². The van der Waals surface area contributed by atoms with Crippen molar-refractivity contribution in [1.29, 1.82) is 0 Å². The summed E-state index contributed by atoms with van der Waals surface area (Å²) in [6, 6.07) is 23.0. The first-order chi connectivity index (χ1) is 19.1. The van der Waals surface area contributed by atoms with Gasteiger partial charge in [-0.05, 0) is 54.8 Å². The van der Waals surface area contributed by atoms with Crippen LogP contribution in [0.1, 0.15) is 40.6 Å². The van der Waals surface area contributed by atoms with Gasteiger partial charge in [0, 0.05) is 42.1 Å². The highest BCUT2D eigenvalue weighted by molar-refractivity contribution is 5.99. The number of nitrogens with zero attached hydrogens (tertiary/aromatic N) is 3. The number of nitrogens with one attached hydrogen (secondary N) is 1. The third-order valence-corrected chi connectivity index (χ3v) is 8.17. The number of para-hydroxylation sites is 1. The quantitative estimate of drug-likeness (QED) is 0.398. The molecule has 4 heterocycles. The van der Waals surface area contributed by atoms with Crippen molar-refractivity contribution in [2.24, 2.45) is 5.73 Å². The minimum atomic E-state index is -0.0814. The predicted molar refractivity (Wildman–Crippen MR) is 153 cm³/mol. The maximum atomic E-state index is 13.4. The van der Waals surface area contributed by atoms with E-state index >= 15 is 0 Å². The van der Waals surface area contributed by atoms with Crippen LogP contribution in [0.25, 0.3) is 10.9 Å². The first-order valence-corrected chi connectivity index (χ1v) is 13.7. The Bertz CT molecular complexity index is 1550. The summed E-state index contributed by atoms with van der Waals surface area (Å²) in [5.74, 6) is 1.63. The van der Waals surface area contributed by atoms with Crippen LogP contribution in [0.2, 0.25) is 0 Å². The van der Waals surface area contributed by atoms with Crippen molar-refractivity contribution < 1.29 is 14.3 Å². The molecule has 200 valence electrons. The minimum absolute atomic E-state index is 0.0174. The molecular weight excluding hydrogens is 490 g/mol. The number of methoxy groups -OCH3 is 1. The van der Waals surface area contributed by atoms with Gasteiger partial charge in [0.25, 0.3) is 5.91 Å². The Morgan fingerprint density at radius 1 is 1.10 bits per heavy atom. The van der Waals surface area contributed by atoms with E-state index in [9.17, 15) is 4.79 Å². The van der Waals surface area contributed by atoms with Crippen molar-refractivity contribution in [2.75, 3.05) is 43.6 Å². The number of ether oxygens (including phenoxy) is 2. The average Bonchev–Trinajstić information content (AvgIpc) is 3.52. The second-order valence-electron chi connectivity index (χ2n) is 10.7. The van der Waals surface area contributed by atoms with Gasteiger partial charge in [-0.1, -0.05) is 30.3 Å². The van der Waals surface area contributed by atoms with Crippen molar-refractivity contribution in [3.05, 3.63) is 83.6 Å². The third kappa shape index (κ3) is 4.15. The maximum absolute atomic E-state index is 13.4. The van der Waals surface area contributed by atoms with E-state index in [1.54, 1.807) is 7.11 Å². The number of carbonyl (C=O) groups excluding carboxylic acids is 1. The molecule has 1 saturated heterocycles. The predicted octanol–water partition coefficient (Wildman–Crippen LogP) is 4.58. The molecular formula is C31H33N5O3. The molecule has 3 N–H and O–H groups in total. The summed E-state index contributed by atoms with van der Waals surface area (Å²) in [7, 11) is 1.69. The van der Waals surface area contributed by atoms with Gasteiger partial charge in [0.2, 0.25) is 0 Å². The SMILES string of the molecule is COc1ccc(Cn2c([C@@H]3Nc4cc(C(=O)N5CCCC(N)C5)cc5c4N3CCO5)cc3ccccc32)cc1. The second kappa shape index (κ2) is 9.54. The first-order valence-electron chi connectivity index (χ1n) is 13.7. The minimum Gasteiger partial charge on any atom is -0.497 e. The van der Waals surface area contributed by atoms with E-state index in [1.165, 1.54) is 22.2 Å². The van der Waals surface area contributed by atoms with E-state index in [-0.39, 0.29) is 18.1 Å². The first kappa shape index (κ1) is 23.9. The zero-order valence-electron chi connectivity index (χ0n) is 22.1. The monoisotopic (exact) mass is 523 g/mol. The average molecular weight is 524 g/mol. The summed E-state index contributed by atoms with van der Waals surface area (Å²) in [4.78, 5) is 17.7. The molecule has 1 aromatic heterocycles. The van der Waals surface area contributed by atoms with Crippen molar-refractivity contribution in [1.82, 2.24) is 9.47 Å². The van der Waals surface area contributed by atoms with Crippen molar-refractivity contribution in [3.63, 3.8) is 0 Å². The number of nitrogens with two attached hydrogens (primary N) is 1. The molecule has 8 heteroatoms. The van der Waals surface area contributed by atoms with Gasteiger partial charge < -0.3 is 34.9 Å². The van der Waals surface area contributed by atoms with Crippen LogP contribution < -0.4 is 25.4 Å². The van der Waals surface area contributed by atoms with Gasteiger partial charge in [0.15, 0.2) is 0 Å². The molecule has 1 unspecified atom stereocenters. The number of fused-ring (bicyclic) bond motifs is 1. The van der Waals surface area contributed by atoms with Gasteiger partial charge >= 0.3 is 0 Å². The molecule has 1 amide bonds. The number of benzene rings is 3. The summed E-state index contributed by atoms with van der Waals surface area (Å²) >= 11 is 0. The molecule has 0 bridgehead atoms. The highest BCUT2D eigenvalue weighted by Crippen LogP contribution is 2.50. The number of aromatic nitrogens is 1. The van der Waals surface area contributed by atoms with Crippen LogP contribution in [0.15, 0.2) is 66.7 Å². The zero-order chi connectivity index (χ0) is 26.5. The lowest BCUT2D eigenvalue weighted by molar-refractivity contribution is 0.0708. The largest absolute Gasteiger partial charge is 0.497 e. The fourth-order valence-electron chi connectivity index (χ4n) is 6.26.